The Morgan fingerprint density at radius 3 is 2.84 bits per heavy atom. The number of hydrogen-bond donors (Lipinski definition) is 2. The van der Waals surface area contributed by atoms with Crippen LogP contribution in [0.4, 0.5) is 5.69 Å². The van der Waals surface area contributed by atoms with Crippen molar-refractivity contribution in [3.8, 4) is 11.6 Å². The van der Waals surface area contributed by atoms with Gasteiger partial charge in [-0.15, -0.1) is 0 Å². The molecule has 98 valence electrons. The van der Waals surface area contributed by atoms with Crippen molar-refractivity contribution in [1.29, 1.82) is 0 Å². The van der Waals surface area contributed by atoms with Gasteiger partial charge in [0.25, 0.3) is 0 Å². The summed E-state index contributed by atoms with van der Waals surface area (Å²) in [4.78, 5) is 14.7. The molecular formula is C14H14N2O3. The lowest BCUT2D eigenvalue weighted by Crippen LogP contribution is -2.03. The molecule has 0 bridgehead atoms. The van der Waals surface area contributed by atoms with Gasteiger partial charge < -0.3 is 15.6 Å². The minimum absolute atomic E-state index is 0.101. The Bertz CT molecular complexity index is 611. The van der Waals surface area contributed by atoms with Gasteiger partial charge >= 0.3 is 5.97 Å². The maximum absolute atomic E-state index is 10.9. The van der Waals surface area contributed by atoms with Crippen LogP contribution >= 0.6 is 0 Å². The average molecular weight is 258 g/mol. The number of nitrogens with two attached hydrogens (primary N) is 1. The molecule has 0 atom stereocenters. The molecule has 0 spiro atoms. The molecule has 0 unspecified atom stereocenters. The topological polar surface area (TPSA) is 85.4 Å². The molecule has 5 heteroatoms. The van der Waals surface area contributed by atoms with Crippen LogP contribution in [0.25, 0.3) is 0 Å². The van der Waals surface area contributed by atoms with Crippen LogP contribution < -0.4 is 10.5 Å². The first-order chi connectivity index (χ1) is 9.10. The van der Waals surface area contributed by atoms with E-state index in [2.05, 4.69) is 4.98 Å². The monoisotopic (exact) mass is 258 g/mol. The molecule has 3 N–H and O–H groups in total. The van der Waals surface area contributed by atoms with E-state index in [1.807, 2.05) is 25.1 Å². The highest BCUT2D eigenvalue weighted by Crippen LogP contribution is 2.26. The highest BCUT2D eigenvalue weighted by molar-refractivity contribution is 5.86. The standard InChI is InChI=1S/C14H14N2O3/c1-2-9-4-3-5-10(8-9)19-13-11(15)6-7-12(16-13)14(17)18/h3-8H,2,15H2,1H3,(H,17,18). The summed E-state index contributed by atoms with van der Waals surface area (Å²) in [6.07, 6.45) is 0.884. The molecule has 0 aliphatic heterocycles. The summed E-state index contributed by atoms with van der Waals surface area (Å²) in [5.41, 5.74) is 7.04. The third-order valence-electron chi connectivity index (χ3n) is 2.63. The Balaban J connectivity index is 2.31. The number of anilines is 1. The Labute approximate surface area is 110 Å². The lowest BCUT2D eigenvalue weighted by atomic mass is 10.2. The first kappa shape index (κ1) is 12.9. The molecule has 1 heterocycles. The van der Waals surface area contributed by atoms with Crippen molar-refractivity contribution < 1.29 is 14.6 Å². The van der Waals surface area contributed by atoms with Crippen LogP contribution in [-0.4, -0.2) is 16.1 Å². The van der Waals surface area contributed by atoms with Gasteiger partial charge in [-0.2, -0.15) is 0 Å². The second-order valence-corrected chi connectivity index (χ2v) is 4.00. The zero-order chi connectivity index (χ0) is 13.8. The van der Waals surface area contributed by atoms with Gasteiger partial charge in [0.05, 0.1) is 5.69 Å². The lowest BCUT2D eigenvalue weighted by molar-refractivity contribution is 0.0689. The average Bonchev–Trinajstić information content (AvgIpc) is 2.41. The highest BCUT2D eigenvalue weighted by atomic mass is 16.5. The summed E-state index contributed by atoms with van der Waals surface area (Å²) in [7, 11) is 0. The summed E-state index contributed by atoms with van der Waals surface area (Å²) in [6, 6.07) is 10.3. The minimum Gasteiger partial charge on any atom is -0.477 e. The summed E-state index contributed by atoms with van der Waals surface area (Å²) in [6.45, 7) is 2.04. The number of hydrogen-bond acceptors (Lipinski definition) is 4. The fourth-order valence-electron chi connectivity index (χ4n) is 1.59. The third kappa shape index (κ3) is 3.01. The van der Waals surface area contributed by atoms with Gasteiger partial charge in [-0.3, -0.25) is 0 Å². The normalized spacial score (nSPS) is 10.2. The van der Waals surface area contributed by atoms with E-state index in [4.69, 9.17) is 15.6 Å². The number of ether oxygens (including phenoxy) is 1. The van der Waals surface area contributed by atoms with E-state index in [1.54, 1.807) is 6.07 Å². The largest absolute Gasteiger partial charge is 0.477 e. The molecule has 2 rings (SSSR count). The van der Waals surface area contributed by atoms with Gasteiger partial charge in [-0.1, -0.05) is 19.1 Å². The summed E-state index contributed by atoms with van der Waals surface area (Å²) in [5, 5.41) is 8.89. The smallest absolute Gasteiger partial charge is 0.354 e. The van der Waals surface area contributed by atoms with Crippen LogP contribution in [0.15, 0.2) is 36.4 Å². The van der Waals surface area contributed by atoms with Crippen molar-refractivity contribution in [2.24, 2.45) is 0 Å². The molecule has 1 aromatic carbocycles. The first-order valence-corrected chi connectivity index (χ1v) is 5.86. The number of benzene rings is 1. The van der Waals surface area contributed by atoms with E-state index in [-0.39, 0.29) is 11.6 Å². The SMILES string of the molecule is CCc1cccc(Oc2nc(C(=O)O)ccc2N)c1. The maximum atomic E-state index is 10.9. The molecule has 2 aromatic rings. The van der Waals surface area contributed by atoms with Gasteiger partial charge in [-0.25, -0.2) is 9.78 Å². The van der Waals surface area contributed by atoms with Crippen molar-refractivity contribution in [3.63, 3.8) is 0 Å². The molecule has 0 fully saturated rings. The van der Waals surface area contributed by atoms with Crippen LogP contribution in [0, 0.1) is 0 Å². The van der Waals surface area contributed by atoms with Crippen molar-refractivity contribution in [3.05, 3.63) is 47.7 Å². The minimum atomic E-state index is -1.12. The van der Waals surface area contributed by atoms with Crippen LogP contribution in [-0.2, 0) is 6.42 Å². The van der Waals surface area contributed by atoms with E-state index in [0.29, 0.717) is 11.4 Å². The number of rotatable bonds is 4. The van der Waals surface area contributed by atoms with Crippen LogP contribution in [0.5, 0.6) is 11.6 Å². The molecule has 0 aliphatic rings. The summed E-state index contributed by atoms with van der Waals surface area (Å²) < 4.78 is 5.54. The number of carboxylic acids is 1. The quantitative estimate of drug-likeness (QED) is 0.880. The molecule has 0 aliphatic carbocycles. The summed E-state index contributed by atoms with van der Waals surface area (Å²) in [5.74, 6) is -0.429. The van der Waals surface area contributed by atoms with Crippen LogP contribution in [0.1, 0.15) is 23.0 Å². The molecular weight excluding hydrogens is 244 g/mol. The van der Waals surface area contributed by atoms with Crippen molar-refractivity contribution >= 4 is 11.7 Å². The van der Waals surface area contributed by atoms with E-state index in [9.17, 15) is 4.79 Å². The molecule has 0 saturated carbocycles. The van der Waals surface area contributed by atoms with Crippen molar-refractivity contribution in [2.45, 2.75) is 13.3 Å². The Morgan fingerprint density at radius 2 is 2.16 bits per heavy atom. The molecule has 1 aromatic heterocycles. The second kappa shape index (κ2) is 5.39. The second-order valence-electron chi connectivity index (χ2n) is 4.00. The fourth-order valence-corrected chi connectivity index (χ4v) is 1.59. The lowest BCUT2D eigenvalue weighted by Gasteiger charge is -2.08. The molecule has 0 radical (unpaired) electrons. The zero-order valence-corrected chi connectivity index (χ0v) is 10.5. The van der Waals surface area contributed by atoms with Crippen molar-refractivity contribution in [1.82, 2.24) is 4.98 Å². The predicted octanol–water partition coefficient (Wildman–Crippen LogP) is 2.72. The Morgan fingerprint density at radius 1 is 1.37 bits per heavy atom. The van der Waals surface area contributed by atoms with Gasteiger partial charge in [0.2, 0.25) is 5.88 Å². The van der Waals surface area contributed by atoms with Crippen LogP contribution in [0.2, 0.25) is 0 Å². The Hall–Kier alpha value is -2.56. The number of aryl methyl sites for hydroxylation is 1. The number of nitrogen functional groups attached to an aromatic ring is 1. The number of pyridine rings is 1. The zero-order valence-electron chi connectivity index (χ0n) is 10.5. The Kier molecular flexibility index (Phi) is 3.66. The predicted molar refractivity (Wildman–Crippen MR) is 71.5 cm³/mol. The maximum Gasteiger partial charge on any atom is 0.354 e. The number of aromatic carboxylic acids is 1. The van der Waals surface area contributed by atoms with Crippen molar-refractivity contribution in [2.75, 3.05) is 5.73 Å². The van der Waals surface area contributed by atoms with E-state index >= 15 is 0 Å². The first-order valence-electron chi connectivity index (χ1n) is 5.86. The van der Waals surface area contributed by atoms with Gasteiger partial charge in [-0.05, 0) is 36.2 Å². The number of aromatic nitrogens is 1. The van der Waals surface area contributed by atoms with Gasteiger partial charge in [0, 0.05) is 0 Å². The van der Waals surface area contributed by atoms with Gasteiger partial charge in [0.1, 0.15) is 5.75 Å². The van der Waals surface area contributed by atoms with E-state index in [1.165, 1.54) is 12.1 Å². The van der Waals surface area contributed by atoms with E-state index < -0.39 is 5.97 Å². The number of nitrogens with zero attached hydrogens (tertiary/aromatic N) is 1. The van der Waals surface area contributed by atoms with Crippen LogP contribution in [0.3, 0.4) is 0 Å². The fraction of sp³-hybridized carbons (Fsp3) is 0.143. The number of carboxylic acid groups (broad SMARTS) is 1. The molecule has 0 saturated heterocycles. The highest BCUT2D eigenvalue weighted by Gasteiger charge is 2.10. The molecule has 0 amide bonds. The van der Waals surface area contributed by atoms with E-state index in [0.717, 1.165) is 12.0 Å². The van der Waals surface area contributed by atoms with Gasteiger partial charge in [0.15, 0.2) is 5.69 Å². The summed E-state index contributed by atoms with van der Waals surface area (Å²) >= 11 is 0. The third-order valence-corrected chi connectivity index (χ3v) is 2.63. The number of carbonyl (C=O) groups is 1. The molecule has 5 nitrogen and oxygen atoms in total. The molecule has 19 heavy (non-hydrogen) atoms.